The van der Waals surface area contributed by atoms with E-state index in [2.05, 4.69) is 47.6 Å². The van der Waals surface area contributed by atoms with Crippen LogP contribution in [0.3, 0.4) is 0 Å². The van der Waals surface area contributed by atoms with Crippen LogP contribution < -0.4 is 0 Å². The maximum atomic E-state index is 10.7. The van der Waals surface area contributed by atoms with E-state index in [1.54, 1.807) is 0 Å². The summed E-state index contributed by atoms with van der Waals surface area (Å²) in [7, 11) is -5.33. The summed E-state index contributed by atoms with van der Waals surface area (Å²) in [4.78, 5) is 0. The third-order valence-corrected chi connectivity index (χ3v) is 11.9. The van der Waals surface area contributed by atoms with Crippen LogP contribution in [0.4, 0.5) is 0 Å². The lowest BCUT2D eigenvalue weighted by molar-refractivity contribution is 0.481. The Kier molecular flexibility index (Phi) is 7.10. The Morgan fingerprint density at radius 3 is 1.67 bits per heavy atom. The van der Waals surface area contributed by atoms with Crippen molar-refractivity contribution in [1.29, 1.82) is 0 Å². The summed E-state index contributed by atoms with van der Waals surface area (Å²) in [5.41, 5.74) is 1.97. The summed E-state index contributed by atoms with van der Waals surface area (Å²) in [5.74, 6) is -0.123. The smallest absolute Gasteiger partial charge is 0.264 e. The summed E-state index contributed by atoms with van der Waals surface area (Å²) in [6.07, 6.45) is 1.32. The first-order valence-corrected chi connectivity index (χ1v) is 10.8. The van der Waals surface area contributed by atoms with Crippen molar-refractivity contribution in [2.24, 2.45) is 0 Å². The van der Waals surface area contributed by atoms with E-state index in [1.807, 2.05) is 0 Å². The normalized spacial score (nSPS) is 13.9. The van der Waals surface area contributed by atoms with Crippen LogP contribution in [0.5, 0.6) is 0 Å². The van der Waals surface area contributed by atoms with E-state index in [9.17, 15) is 8.42 Å². The first-order valence-electron chi connectivity index (χ1n) is 6.83. The highest BCUT2D eigenvalue weighted by Crippen LogP contribution is 2.44. The van der Waals surface area contributed by atoms with Crippen molar-refractivity contribution in [3.8, 4) is 0 Å². The molecule has 0 spiro atoms. The van der Waals surface area contributed by atoms with Gasteiger partial charge in [-0.3, -0.25) is 4.55 Å². The lowest BCUT2D eigenvalue weighted by atomic mass is 10.4. The minimum absolute atomic E-state index is 0.123. The van der Waals surface area contributed by atoms with Crippen molar-refractivity contribution >= 4 is 18.2 Å². The lowest BCUT2D eigenvalue weighted by Crippen LogP contribution is -2.45. The standard InChI is InChI=1S/C13H29O3SSi/c1-11(2)18(12(3)4,13(5)6)10-8-7-9-17(14,15)16/h10-13H,7-9H2,1-6H3,(H,14,15,16). The molecule has 0 aromatic rings. The van der Waals surface area contributed by atoms with Gasteiger partial charge >= 0.3 is 0 Å². The Morgan fingerprint density at radius 1 is 1.00 bits per heavy atom. The molecule has 0 aromatic heterocycles. The Hall–Kier alpha value is 0.127. The molecule has 0 atom stereocenters. The van der Waals surface area contributed by atoms with Crippen LogP contribution in [-0.4, -0.2) is 26.8 Å². The highest BCUT2D eigenvalue weighted by molar-refractivity contribution is 7.85. The summed E-state index contributed by atoms with van der Waals surface area (Å²) in [5, 5.41) is 0. The van der Waals surface area contributed by atoms with Crippen molar-refractivity contribution < 1.29 is 13.0 Å². The van der Waals surface area contributed by atoms with Crippen molar-refractivity contribution in [2.75, 3.05) is 5.75 Å². The second kappa shape index (κ2) is 7.06. The van der Waals surface area contributed by atoms with E-state index in [0.717, 1.165) is 6.42 Å². The van der Waals surface area contributed by atoms with E-state index in [1.165, 1.54) is 0 Å². The van der Waals surface area contributed by atoms with Crippen LogP contribution in [-0.2, 0) is 10.1 Å². The van der Waals surface area contributed by atoms with E-state index in [4.69, 9.17) is 4.55 Å². The molecule has 0 saturated carbocycles. The van der Waals surface area contributed by atoms with Gasteiger partial charge in [0.05, 0.1) is 13.8 Å². The topological polar surface area (TPSA) is 54.4 Å². The average Bonchev–Trinajstić information content (AvgIpc) is 2.13. The fourth-order valence-electron chi connectivity index (χ4n) is 3.32. The lowest BCUT2D eigenvalue weighted by Gasteiger charge is -2.43. The molecule has 0 heterocycles. The highest BCUT2D eigenvalue weighted by atomic mass is 32.2. The second-order valence-electron chi connectivity index (χ2n) is 6.10. The van der Waals surface area contributed by atoms with Crippen LogP contribution in [0.1, 0.15) is 54.4 Å². The molecule has 0 bridgehead atoms. The molecule has 18 heavy (non-hydrogen) atoms. The van der Waals surface area contributed by atoms with Crippen LogP contribution in [0.15, 0.2) is 0 Å². The fourth-order valence-corrected chi connectivity index (χ4v) is 9.97. The van der Waals surface area contributed by atoms with Crippen molar-refractivity contribution in [3.63, 3.8) is 0 Å². The molecule has 0 saturated heterocycles. The van der Waals surface area contributed by atoms with Gasteiger partial charge in [0.25, 0.3) is 10.1 Å². The molecule has 1 radical (unpaired) electrons. The Bertz CT molecular complexity index is 312. The molecular formula is C13H29O3SSi. The molecular weight excluding hydrogens is 264 g/mol. The third-order valence-electron chi connectivity index (χ3n) is 4.10. The zero-order chi connectivity index (χ0) is 14.6. The molecule has 0 amide bonds. The van der Waals surface area contributed by atoms with Crippen LogP contribution in [0.2, 0.25) is 16.6 Å². The Labute approximate surface area is 114 Å². The van der Waals surface area contributed by atoms with Gasteiger partial charge in [-0.15, -0.1) is 0 Å². The Balaban J connectivity index is 4.62. The average molecular weight is 294 g/mol. The van der Waals surface area contributed by atoms with Gasteiger partial charge in [0, 0.05) is 0 Å². The predicted octanol–water partition coefficient (Wildman–Crippen LogP) is 4.08. The largest absolute Gasteiger partial charge is 0.286 e. The molecule has 0 rings (SSSR count). The van der Waals surface area contributed by atoms with Gasteiger partial charge in [-0.2, -0.15) is 8.42 Å². The number of unbranched alkanes of at least 4 members (excludes halogenated alkanes) is 1. The van der Waals surface area contributed by atoms with E-state index in [0.29, 0.717) is 23.0 Å². The molecule has 5 heteroatoms. The quantitative estimate of drug-likeness (QED) is 0.417. The minimum atomic E-state index is -3.81. The first-order chi connectivity index (χ1) is 8.04. The third kappa shape index (κ3) is 5.01. The molecule has 109 valence electrons. The minimum Gasteiger partial charge on any atom is -0.286 e. The predicted molar refractivity (Wildman–Crippen MR) is 81.0 cm³/mol. The van der Waals surface area contributed by atoms with E-state index < -0.39 is 18.2 Å². The monoisotopic (exact) mass is 293 g/mol. The fraction of sp³-hybridized carbons (Fsp3) is 0.923. The molecule has 0 unspecified atom stereocenters. The number of hydrogen-bond donors (Lipinski definition) is 1. The number of hydrogen-bond acceptors (Lipinski definition) is 2. The van der Waals surface area contributed by atoms with Crippen molar-refractivity contribution in [3.05, 3.63) is 6.04 Å². The summed E-state index contributed by atoms with van der Waals surface area (Å²) < 4.78 is 30.2. The molecule has 0 aliphatic rings. The maximum Gasteiger partial charge on any atom is 0.264 e. The molecule has 0 aliphatic carbocycles. The molecule has 1 N–H and O–H groups in total. The number of rotatable bonds is 8. The van der Waals surface area contributed by atoms with Crippen molar-refractivity contribution in [2.45, 2.75) is 71.0 Å². The maximum absolute atomic E-state index is 10.7. The molecule has 0 fully saturated rings. The summed E-state index contributed by atoms with van der Waals surface area (Å²) >= 11 is 0. The van der Waals surface area contributed by atoms with E-state index in [-0.39, 0.29) is 5.75 Å². The van der Waals surface area contributed by atoms with Gasteiger partial charge < -0.3 is 0 Å². The van der Waals surface area contributed by atoms with E-state index >= 15 is 0 Å². The molecule has 0 aliphatic heterocycles. The highest BCUT2D eigenvalue weighted by Gasteiger charge is 2.41. The van der Waals surface area contributed by atoms with Crippen LogP contribution in [0, 0.1) is 6.04 Å². The zero-order valence-electron chi connectivity index (χ0n) is 12.6. The van der Waals surface area contributed by atoms with Gasteiger partial charge in [0.1, 0.15) is 0 Å². The van der Waals surface area contributed by atoms with Gasteiger partial charge in [-0.05, 0) is 12.5 Å². The van der Waals surface area contributed by atoms with Gasteiger partial charge in [0.2, 0.25) is 0 Å². The molecule has 3 nitrogen and oxygen atoms in total. The van der Waals surface area contributed by atoms with Crippen LogP contribution in [0.25, 0.3) is 0 Å². The van der Waals surface area contributed by atoms with Gasteiger partial charge in [0.15, 0.2) is 0 Å². The van der Waals surface area contributed by atoms with Crippen LogP contribution >= 0.6 is 0 Å². The summed E-state index contributed by atoms with van der Waals surface area (Å²) in [6.45, 7) is 13.7. The first kappa shape index (κ1) is 18.1. The van der Waals surface area contributed by atoms with Crippen molar-refractivity contribution in [1.82, 2.24) is 0 Å². The van der Waals surface area contributed by atoms with Gasteiger partial charge in [-0.25, -0.2) is 0 Å². The summed E-state index contributed by atoms with van der Waals surface area (Å²) in [6, 6.07) is 2.41. The van der Waals surface area contributed by atoms with Gasteiger partial charge in [-0.1, -0.05) is 64.6 Å². The molecule has 0 aromatic carbocycles. The zero-order valence-corrected chi connectivity index (χ0v) is 14.4. The Morgan fingerprint density at radius 2 is 1.39 bits per heavy atom. The second-order valence-corrected chi connectivity index (χ2v) is 13.5. The SMILES string of the molecule is CC(C)[Si]([CH]CCCS(=O)(=O)O)(C(C)C)C(C)C.